The maximum Gasteiger partial charge on any atom is 0.136 e. The number of H-pyrrole nitrogens is 1. The van der Waals surface area contributed by atoms with Crippen LogP contribution in [0.3, 0.4) is 0 Å². The summed E-state index contributed by atoms with van der Waals surface area (Å²) < 4.78 is 6.04. The number of nitrogens with one attached hydrogen (secondary N) is 2. The Kier molecular flexibility index (Phi) is 5.06. The van der Waals surface area contributed by atoms with Gasteiger partial charge in [-0.05, 0) is 24.3 Å². The van der Waals surface area contributed by atoms with Crippen molar-refractivity contribution < 1.29 is 4.74 Å². The van der Waals surface area contributed by atoms with E-state index in [0.29, 0.717) is 0 Å². The number of rotatable bonds is 7. The maximum absolute atomic E-state index is 6.04. The third-order valence-corrected chi connectivity index (χ3v) is 4.06. The minimum atomic E-state index is 0.751. The van der Waals surface area contributed by atoms with Crippen LogP contribution in [0.15, 0.2) is 79.5 Å². The van der Waals surface area contributed by atoms with Gasteiger partial charge in [-0.1, -0.05) is 30.3 Å². The molecule has 0 radical (unpaired) electrons. The molecule has 0 bridgehead atoms. The molecule has 0 spiro atoms. The Morgan fingerprint density at radius 1 is 0.963 bits per heavy atom. The molecule has 0 aliphatic heterocycles. The van der Waals surface area contributed by atoms with Crippen LogP contribution in [0.25, 0.3) is 11.3 Å². The van der Waals surface area contributed by atoms with E-state index in [1.54, 1.807) is 12.7 Å². The molecule has 0 saturated carbocycles. The monoisotopic (exact) mass is 357 g/mol. The molecule has 0 fully saturated rings. The van der Waals surface area contributed by atoms with Gasteiger partial charge in [-0.3, -0.25) is 0 Å². The van der Waals surface area contributed by atoms with E-state index < -0.39 is 0 Å². The van der Waals surface area contributed by atoms with Crippen molar-refractivity contribution in [3.63, 3.8) is 0 Å². The van der Waals surface area contributed by atoms with Gasteiger partial charge in [0.15, 0.2) is 0 Å². The number of benzene rings is 2. The van der Waals surface area contributed by atoms with E-state index in [9.17, 15) is 0 Å². The predicted molar refractivity (Wildman–Crippen MR) is 105 cm³/mol. The van der Waals surface area contributed by atoms with E-state index in [-0.39, 0.29) is 0 Å². The lowest BCUT2D eigenvalue weighted by molar-refractivity contribution is 0.484. The Balaban J connectivity index is 1.51. The first kappa shape index (κ1) is 16.8. The minimum absolute atomic E-state index is 0.751. The van der Waals surface area contributed by atoms with Crippen molar-refractivity contribution in [3.8, 4) is 22.8 Å². The van der Waals surface area contributed by atoms with Crippen molar-refractivity contribution in [3.05, 3.63) is 85.2 Å². The second-order valence-corrected chi connectivity index (χ2v) is 5.95. The molecule has 0 atom stereocenters. The van der Waals surface area contributed by atoms with Gasteiger partial charge < -0.3 is 15.0 Å². The average molecular weight is 357 g/mol. The van der Waals surface area contributed by atoms with Crippen LogP contribution in [0.4, 0.5) is 5.82 Å². The number of ether oxygens (including phenoxy) is 1. The van der Waals surface area contributed by atoms with Crippen molar-refractivity contribution in [1.29, 1.82) is 0 Å². The number of aromatic amines is 1. The van der Waals surface area contributed by atoms with E-state index in [1.165, 1.54) is 0 Å². The molecular weight excluding hydrogens is 338 g/mol. The first-order chi connectivity index (χ1) is 13.4. The molecule has 2 N–H and O–H groups in total. The van der Waals surface area contributed by atoms with Crippen molar-refractivity contribution in [1.82, 2.24) is 19.9 Å². The van der Waals surface area contributed by atoms with Crippen LogP contribution in [-0.4, -0.2) is 26.5 Å². The highest BCUT2D eigenvalue weighted by molar-refractivity contribution is 5.69. The third kappa shape index (κ3) is 4.30. The molecular formula is C21H19N5O. The zero-order valence-electron chi connectivity index (χ0n) is 14.7. The van der Waals surface area contributed by atoms with Crippen LogP contribution in [0.1, 0.15) is 5.69 Å². The summed E-state index contributed by atoms with van der Waals surface area (Å²) in [7, 11) is 0. The number of anilines is 1. The van der Waals surface area contributed by atoms with Gasteiger partial charge in [0.1, 0.15) is 23.6 Å². The zero-order chi connectivity index (χ0) is 18.3. The molecule has 0 unspecified atom stereocenters. The molecule has 2 aromatic carbocycles. The average Bonchev–Trinajstić information content (AvgIpc) is 3.23. The number of para-hydroxylation sites is 2. The van der Waals surface area contributed by atoms with Gasteiger partial charge in [-0.15, -0.1) is 0 Å². The van der Waals surface area contributed by atoms with Crippen molar-refractivity contribution in [2.24, 2.45) is 0 Å². The van der Waals surface area contributed by atoms with E-state index in [1.807, 2.05) is 66.9 Å². The molecule has 2 aromatic heterocycles. The van der Waals surface area contributed by atoms with Gasteiger partial charge in [0.25, 0.3) is 0 Å². The summed E-state index contributed by atoms with van der Waals surface area (Å²) in [6.07, 6.45) is 5.91. The predicted octanol–water partition coefficient (Wildman–Crippen LogP) is 4.31. The standard InChI is InChI=1S/C21H19N5O/c1-2-6-17(7-3-1)27-20-9-5-4-8-18(20)19-12-21(26-15-25-19)23-11-10-16-13-22-14-24-16/h1-9,12-15H,10-11H2,(H,22,24)(H,23,25,26). The summed E-state index contributed by atoms with van der Waals surface area (Å²) in [6.45, 7) is 0.751. The number of aromatic nitrogens is 4. The van der Waals surface area contributed by atoms with Crippen LogP contribution in [0, 0.1) is 0 Å². The fourth-order valence-electron chi connectivity index (χ4n) is 2.73. The van der Waals surface area contributed by atoms with Crippen molar-refractivity contribution in [2.75, 3.05) is 11.9 Å². The van der Waals surface area contributed by atoms with Gasteiger partial charge in [0.05, 0.1) is 12.0 Å². The Morgan fingerprint density at radius 3 is 2.67 bits per heavy atom. The van der Waals surface area contributed by atoms with E-state index in [2.05, 4.69) is 25.3 Å². The van der Waals surface area contributed by atoms with Gasteiger partial charge in [0, 0.05) is 36.5 Å². The molecule has 6 nitrogen and oxygen atoms in total. The largest absolute Gasteiger partial charge is 0.457 e. The summed E-state index contributed by atoms with van der Waals surface area (Å²) >= 11 is 0. The number of nitrogens with zero attached hydrogens (tertiary/aromatic N) is 3. The number of imidazole rings is 1. The van der Waals surface area contributed by atoms with Gasteiger partial charge >= 0.3 is 0 Å². The van der Waals surface area contributed by atoms with Crippen LogP contribution in [0.5, 0.6) is 11.5 Å². The van der Waals surface area contributed by atoms with Gasteiger partial charge in [-0.2, -0.15) is 0 Å². The minimum Gasteiger partial charge on any atom is -0.457 e. The molecule has 0 aliphatic carbocycles. The SMILES string of the molecule is c1ccc(Oc2ccccc2-c2cc(NCCc3cnc[nH]3)ncn2)cc1. The second-order valence-electron chi connectivity index (χ2n) is 5.95. The molecule has 4 aromatic rings. The lowest BCUT2D eigenvalue weighted by atomic mass is 10.1. The van der Waals surface area contributed by atoms with Crippen molar-refractivity contribution in [2.45, 2.75) is 6.42 Å². The van der Waals surface area contributed by atoms with Crippen LogP contribution in [-0.2, 0) is 6.42 Å². The molecule has 0 aliphatic rings. The second kappa shape index (κ2) is 8.14. The Hall–Kier alpha value is -3.67. The number of hydrogen-bond donors (Lipinski definition) is 2. The molecule has 0 amide bonds. The fraction of sp³-hybridized carbons (Fsp3) is 0.0952. The van der Waals surface area contributed by atoms with Gasteiger partial charge in [-0.25, -0.2) is 15.0 Å². The molecule has 6 heteroatoms. The maximum atomic E-state index is 6.04. The fourth-order valence-corrected chi connectivity index (χ4v) is 2.73. The summed E-state index contributed by atoms with van der Waals surface area (Å²) in [5, 5.41) is 3.32. The third-order valence-electron chi connectivity index (χ3n) is 4.06. The van der Waals surface area contributed by atoms with E-state index in [4.69, 9.17) is 4.74 Å². The Morgan fingerprint density at radius 2 is 1.81 bits per heavy atom. The quantitative estimate of drug-likeness (QED) is 0.515. The van der Waals surface area contributed by atoms with Gasteiger partial charge in [0.2, 0.25) is 0 Å². The zero-order valence-corrected chi connectivity index (χ0v) is 14.7. The first-order valence-electron chi connectivity index (χ1n) is 8.74. The first-order valence-corrected chi connectivity index (χ1v) is 8.74. The lowest BCUT2D eigenvalue weighted by Crippen LogP contribution is -2.07. The Bertz CT molecular complexity index is 986. The Labute approximate surface area is 157 Å². The molecule has 134 valence electrons. The van der Waals surface area contributed by atoms with Crippen LogP contribution in [0.2, 0.25) is 0 Å². The molecule has 2 heterocycles. The van der Waals surface area contributed by atoms with E-state index >= 15 is 0 Å². The van der Waals surface area contributed by atoms with Crippen LogP contribution < -0.4 is 10.1 Å². The molecule has 27 heavy (non-hydrogen) atoms. The highest BCUT2D eigenvalue weighted by Gasteiger charge is 2.09. The number of hydrogen-bond acceptors (Lipinski definition) is 5. The molecule has 0 saturated heterocycles. The van der Waals surface area contributed by atoms with Crippen molar-refractivity contribution >= 4 is 5.82 Å². The highest BCUT2D eigenvalue weighted by atomic mass is 16.5. The summed E-state index contributed by atoms with van der Waals surface area (Å²) in [4.78, 5) is 15.8. The van der Waals surface area contributed by atoms with E-state index in [0.717, 1.165) is 47.2 Å². The summed E-state index contributed by atoms with van der Waals surface area (Å²) in [5.74, 6) is 2.32. The summed E-state index contributed by atoms with van der Waals surface area (Å²) in [6, 6.07) is 19.5. The topological polar surface area (TPSA) is 75.7 Å². The lowest BCUT2D eigenvalue weighted by Gasteiger charge is -2.11. The normalized spacial score (nSPS) is 10.5. The molecule has 4 rings (SSSR count). The van der Waals surface area contributed by atoms with Crippen LogP contribution >= 0.6 is 0 Å². The highest BCUT2D eigenvalue weighted by Crippen LogP contribution is 2.32. The summed E-state index contributed by atoms with van der Waals surface area (Å²) in [5.41, 5.74) is 2.80. The smallest absolute Gasteiger partial charge is 0.136 e.